The predicted molar refractivity (Wildman–Crippen MR) is 99.8 cm³/mol. The van der Waals surface area contributed by atoms with Crippen LogP contribution in [0.15, 0.2) is 33.8 Å². The number of halogens is 1. The van der Waals surface area contributed by atoms with E-state index in [2.05, 4.69) is 20.9 Å². The largest absolute Gasteiger partial charge is 0.444 e. The topological polar surface area (TPSA) is 64.4 Å². The molecule has 0 aliphatic carbocycles. The van der Waals surface area contributed by atoms with E-state index in [-0.39, 0.29) is 17.6 Å². The first-order chi connectivity index (χ1) is 11.7. The molecule has 0 spiro atoms. The summed E-state index contributed by atoms with van der Waals surface area (Å²) in [7, 11) is 0. The molecule has 0 N–H and O–H groups in total. The van der Waals surface area contributed by atoms with Gasteiger partial charge >= 0.3 is 6.09 Å². The van der Waals surface area contributed by atoms with Crippen LogP contribution in [0.3, 0.4) is 0 Å². The van der Waals surface area contributed by atoms with Crippen molar-refractivity contribution in [2.24, 2.45) is 0 Å². The maximum absolute atomic E-state index is 12.4. The third-order valence-corrected chi connectivity index (χ3v) is 4.61. The fraction of sp³-hybridized carbons (Fsp3) is 0.500. The molecule has 6 nitrogen and oxygen atoms in total. The Labute approximate surface area is 154 Å². The minimum Gasteiger partial charge on any atom is -0.444 e. The number of amides is 1. The van der Waals surface area contributed by atoms with Gasteiger partial charge in [0, 0.05) is 36.0 Å². The zero-order chi connectivity index (χ0) is 18.2. The summed E-state index contributed by atoms with van der Waals surface area (Å²) in [6.07, 6.45) is 4.98. The molecule has 1 atom stereocenters. The summed E-state index contributed by atoms with van der Waals surface area (Å²) in [6.45, 7) is 6.82. The van der Waals surface area contributed by atoms with Crippen LogP contribution in [0, 0.1) is 0 Å². The van der Waals surface area contributed by atoms with Crippen molar-refractivity contribution in [2.75, 3.05) is 13.1 Å². The summed E-state index contributed by atoms with van der Waals surface area (Å²) >= 11 is 3.36. The second-order valence-corrected chi connectivity index (χ2v) is 8.25. The van der Waals surface area contributed by atoms with Crippen LogP contribution < -0.4 is 5.43 Å². The van der Waals surface area contributed by atoms with Gasteiger partial charge < -0.3 is 14.2 Å². The lowest BCUT2D eigenvalue weighted by Crippen LogP contribution is -2.43. The Bertz CT molecular complexity index is 857. The van der Waals surface area contributed by atoms with E-state index in [4.69, 9.17) is 4.74 Å². The average molecular weight is 408 g/mol. The predicted octanol–water partition coefficient (Wildman–Crippen LogP) is 3.73. The number of carbonyl (C=O) groups is 1. The molecular weight excluding hydrogens is 386 g/mol. The van der Waals surface area contributed by atoms with Gasteiger partial charge in [-0.05, 0) is 55.6 Å². The zero-order valence-electron chi connectivity index (χ0n) is 14.7. The van der Waals surface area contributed by atoms with E-state index in [9.17, 15) is 9.59 Å². The molecule has 0 aromatic carbocycles. The maximum atomic E-state index is 12.4. The lowest BCUT2D eigenvalue weighted by Gasteiger charge is -2.35. The quantitative estimate of drug-likeness (QED) is 0.722. The number of fused-ring (bicyclic) bond motifs is 1. The van der Waals surface area contributed by atoms with Gasteiger partial charge in [0.05, 0.1) is 11.4 Å². The highest BCUT2D eigenvalue weighted by Crippen LogP contribution is 2.26. The molecule has 1 aliphatic rings. The number of piperidine rings is 1. The Morgan fingerprint density at radius 3 is 2.88 bits per heavy atom. The molecule has 0 bridgehead atoms. The Kier molecular flexibility index (Phi) is 4.86. The number of ether oxygens (including phenoxy) is 1. The smallest absolute Gasteiger partial charge is 0.410 e. The summed E-state index contributed by atoms with van der Waals surface area (Å²) in [6, 6.07) is 3.41. The average Bonchev–Trinajstić information content (AvgIpc) is 2.54. The maximum Gasteiger partial charge on any atom is 0.410 e. The number of hydrogen-bond acceptors (Lipinski definition) is 4. The Morgan fingerprint density at radius 1 is 1.40 bits per heavy atom. The first-order valence-electron chi connectivity index (χ1n) is 8.39. The molecule has 1 fully saturated rings. The van der Waals surface area contributed by atoms with Crippen molar-refractivity contribution < 1.29 is 9.53 Å². The van der Waals surface area contributed by atoms with E-state index in [1.54, 1.807) is 29.4 Å². The van der Waals surface area contributed by atoms with Gasteiger partial charge in [-0.25, -0.2) is 9.78 Å². The van der Waals surface area contributed by atoms with Crippen molar-refractivity contribution in [1.29, 1.82) is 0 Å². The summed E-state index contributed by atoms with van der Waals surface area (Å²) in [5, 5.41) is 0.575. The van der Waals surface area contributed by atoms with Crippen LogP contribution in [0.25, 0.3) is 11.0 Å². The van der Waals surface area contributed by atoms with Crippen LogP contribution in [0.5, 0.6) is 0 Å². The van der Waals surface area contributed by atoms with Crippen molar-refractivity contribution in [3.63, 3.8) is 0 Å². The normalized spacial score (nSPS) is 18.4. The molecule has 1 saturated heterocycles. The third-order valence-electron chi connectivity index (χ3n) is 4.17. The van der Waals surface area contributed by atoms with Crippen LogP contribution in [-0.2, 0) is 4.74 Å². The highest BCUT2D eigenvalue weighted by Gasteiger charge is 2.28. The molecule has 2 aromatic heterocycles. The monoisotopic (exact) mass is 407 g/mol. The molecule has 3 rings (SSSR count). The van der Waals surface area contributed by atoms with Crippen LogP contribution in [0.4, 0.5) is 4.79 Å². The highest BCUT2D eigenvalue weighted by atomic mass is 79.9. The van der Waals surface area contributed by atoms with Crippen LogP contribution in [0.1, 0.15) is 39.7 Å². The second kappa shape index (κ2) is 6.78. The van der Waals surface area contributed by atoms with Crippen molar-refractivity contribution in [1.82, 2.24) is 14.5 Å². The van der Waals surface area contributed by atoms with Gasteiger partial charge in [-0.1, -0.05) is 0 Å². The molecule has 7 heteroatoms. The van der Waals surface area contributed by atoms with Crippen molar-refractivity contribution in [3.8, 4) is 0 Å². The Hall–Kier alpha value is -1.89. The van der Waals surface area contributed by atoms with Crippen LogP contribution in [-0.4, -0.2) is 39.2 Å². The minimum absolute atomic E-state index is 0.0557. The fourth-order valence-corrected chi connectivity index (χ4v) is 3.43. The van der Waals surface area contributed by atoms with E-state index < -0.39 is 5.60 Å². The van der Waals surface area contributed by atoms with Crippen LogP contribution >= 0.6 is 15.9 Å². The lowest BCUT2D eigenvalue weighted by atomic mass is 10.1. The first kappa shape index (κ1) is 17.9. The lowest BCUT2D eigenvalue weighted by molar-refractivity contribution is 0.0174. The number of rotatable bonds is 1. The molecule has 1 aliphatic heterocycles. The standard InChI is InChI=1S/C18H22BrN3O3/c1-18(2,3)25-17(24)21-7-4-5-13(11-21)22-8-6-15(23)14-9-12(19)10-20-16(14)22/h6,8-10,13H,4-5,7,11H2,1-3H3/t13-/m0/s1. The van der Waals surface area contributed by atoms with E-state index in [0.29, 0.717) is 24.1 Å². The van der Waals surface area contributed by atoms with E-state index in [0.717, 1.165) is 17.3 Å². The van der Waals surface area contributed by atoms with E-state index >= 15 is 0 Å². The Balaban J connectivity index is 1.89. The number of aromatic nitrogens is 2. The van der Waals surface area contributed by atoms with Crippen molar-refractivity contribution in [3.05, 3.63) is 39.2 Å². The number of nitrogens with zero attached hydrogens (tertiary/aromatic N) is 3. The van der Waals surface area contributed by atoms with Gasteiger partial charge in [-0.2, -0.15) is 0 Å². The molecule has 0 radical (unpaired) electrons. The number of pyridine rings is 2. The molecule has 0 saturated carbocycles. The van der Waals surface area contributed by atoms with Gasteiger partial charge in [0.2, 0.25) is 0 Å². The SMILES string of the molecule is CC(C)(C)OC(=O)N1CCC[C@H](n2ccc(=O)c3cc(Br)cnc32)C1. The van der Waals surface area contributed by atoms with Gasteiger partial charge in [-0.3, -0.25) is 4.79 Å². The summed E-state index contributed by atoms with van der Waals surface area (Å²) < 4.78 is 8.26. The summed E-state index contributed by atoms with van der Waals surface area (Å²) in [5.41, 5.74) is 0.0774. The minimum atomic E-state index is -0.512. The fourth-order valence-electron chi connectivity index (χ4n) is 3.10. The number of hydrogen-bond donors (Lipinski definition) is 0. The summed E-state index contributed by atoms with van der Waals surface area (Å²) in [5.74, 6) is 0. The Morgan fingerprint density at radius 2 is 2.16 bits per heavy atom. The van der Waals surface area contributed by atoms with E-state index in [1.165, 1.54) is 0 Å². The van der Waals surface area contributed by atoms with Gasteiger partial charge in [0.1, 0.15) is 11.2 Å². The molecule has 25 heavy (non-hydrogen) atoms. The first-order valence-corrected chi connectivity index (χ1v) is 9.18. The van der Waals surface area contributed by atoms with Crippen LogP contribution in [0.2, 0.25) is 0 Å². The molecule has 1 amide bonds. The highest BCUT2D eigenvalue weighted by molar-refractivity contribution is 9.10. The molecule has 3 heterocycles. The number of carbonyl (C=O) groups excluding carboxylic acids is 1. The zero-order valence-corrected chi connectivity index (χ0v) is 16.2. The molecule has 0 unspecified atom stereocenters. The van der Waals surface area contributed by atoms with Crippen molar-refractivity contribution >= 4 is 33.1 Å². The van der Waals surface area contributed by atoms with Crippen molar-refractivity contribution in [2.45, 2.75) is 45.3 Å². The van der Waals surface area contributed by atoms with E-state index in [1.807, 2.05) is 25.3 Å². The molecule has 134 valence electrons. The van der Waals surface area contributed by atoms with Gasteiger partial charge in [0.15, 0.2) is 5.43 Å². The van der Waals surface area contributed by atoms with Gasteiger partial charge in [0.25, 0.3) is 0 Å². The van der Waals surface area contributed by atoms with Gasteiger partial charge in [-0.15, -0.1) is 0 Å². The number of likely N-dealkylation sites (tertiary alicyclic amines) is 1. The molecular formula is C18H22BrN3O3. The summed E-state index contributed by atoms with van der Waals surface area (Å²) in [4.78, 5) is 30.7. The third kappa shape index (κ3) is 4.03. The second-order valence-electron chi connectivity index (χ2n) is 7.33. The molecule has 2 aromatic rings.